The first kappa shape index (κ1) is 50.1. The second-order valence-electron chi connectivity index (χ2n) is 16.0. The number of rotatable bonds is 12. The van der Waals surface area contributed by atoms with E-state index >= 15 is 0 Å². The summed E-state index contributed by atoms with van der Waals surface area (Å²) in [6.07, 6.45) is 2.33. The summed E-state index contributed by atoms with van der Waals surface area (Å²) < 4.78 is 11.0. The summed E-state index contributed by atoms with van der Waals surface area (Å²) in [6.45, 7) is 25.2. The van der Waals surface area contributed by atoms with Gasteiger partial charge in [0.05, 0.1) is 52.5 Å². The number of benzene rings is 2. The maximum atomic E-state index is 13.5. The summed E-state index contributed by atoms with van der Waals surface area (Å²) in [4.78, 5) is 62.4. The fraction of sp³-hybridized carbons (Fsp3) is 0.587. The summed E-state index contributed by atoms with van der Waals surface area (Å²) in [6, 6.07) is 7.35. The van der Waals surface area contributed by atoms with Crippen LogP contribution in [0.2, 0.25) is 10.0 Å². The molecule has 3 fully saturated rings. The zero-order chi connectivity index (χ0) is 45.4. The molecule has 0 saturated carbocycles. The smallest absolute Gasteiger partial charge is 0.282 e. The second kappa shape index (κ2) is 21.7. The van der Waals surface area contributed by atoms with Crippen LogP contribution in [0.25, 0.3) is 5.57 Å². The number of carbonyl (C=O) groups excluding carboxylic acids is 3. The maximum absolute atomic E-state index is 13.5. The Balaban J connectivity index is 0.000000228. The molecule has 1 atom stereocenters. The molecule has 4 heterocycles. The monoisotopic (exact) mass is 888 g/mol. The fourth-order valence-corrected chi connectivity index (χ4v) is 9.57. The third kappa shape index (κ3) is 10.3. The number of ether oxygens (including phenoxy) is 2. The van der Waals surface area contributed by atoms with E-state index in [9.17, 15) is 14.4 Å². The Labute approximate surface area is 372 Å². The highest BCUT2D eigenvalue weighted by molar-refractivity contribution is 6.31. The Morgan fingerprint density at radius 2 is 1.16 bits per heavy atom. The molecule has 3 saturated heterocycles. The van der Waals surface area contributed by atoms with E-state index in [4.69, 9.17) is 52.0 Å². The molecule has 1 unspecified atom stereocenters. The van der Waals surface area contributed by atoms with Crippen molar-refractivity contribution in [1.82, 2.24) is 20.3 Å². The highest BCUT2D eigenvalue weighted by atomic mass is 35.5. The Bertz CT molecular complexity index is 1890. The van der Waals surface area contributed by atoms with Crippen molar-refractivity contribution in [2.75, 3.05) is 67.3 Å². The van der Waals surface area contributed by atoms with E-state index in [1.165, 1.54) is 10.1 Å². The lowest BCUT2D eigenvalue weighted by Crippen LogP contribution is -2.56. The van der Waals surface area contributed by atoms with Crippen molar-refractivity contribution in [3.8, 4) is 0 Å². The van der Waals surface area contributed by atoms with Crippen LogP contribution in [0.3, 0.4) is 0 Å². The van der Waals surface area contributed by atoms with Gasteiger partial charge < -0.3 is 19.1 Å². The quantitative estimate of drug-likeness (QED) is 0.151. The van der Waals surface area contributed by atoms with E-state index in [0.29, 0.717) is 92.4 Å². The molecule has 0 N–H and O–H groups in total. The molecule has 0 radical (unpaired) electrons. The van der Waals surface area contributed by atoms with Gasteiger partial charge in [0.2, 0.25) is 0 Å². The number of hydroxylamine groups is 8. The number of Topliss-reactive ketones (excluding diaryl/α,β-unsaturated/α-hetero) is 1. The van der Waals surface area contributed by atoms with Gasteiger partial charge in [-0.3, -0.25) is 24.1 Å². The first-order valence-electron chi connectivity index (χ1n) is 21.1. The predicted molar refractivity (Wildman–Crippen MR) is 237 cm³/mol. The molecule has 2 amide bonds. The van der Waals surface area contributed by atoms with Crippen LogP contribution >= 0.6 is 23.2 Å². The Morgan fingerprint density at radius 3 is 1.56 bits per heavy atom. The molecule has 2 aromatic carbocycles. The summed E-state index contributed by atoms with van der Waals surface area (Å²) in [7, 11) is 4.91. The number of nitrogens with zero attached hydrogens (tertiary/aromatic N) is 4. The maximum Gasteiger partial charge on any atom is 0.282 e. The van der Waals surface area contributed by atoms with Gasteiger partial charge in [-0.25, -0.2) is 10.1 Å². The SMILES string of the molecule is C=C(OCC)C(C)C.CCON1C(=O)C(c2c(C)cc(Cl)cc2C)=C(OC)C12CCN(OC)CC2.CCON1C(=O)C(c2c(C)cc(Cl)cc2C)C(=O)C12CCN(OC)CC2. The Morgan fingerprint density at radius 1 is 0.721 bits per heavy atom. The van der Waals surface area contributed by atoms with Gasteiger partial charge in [0.25, 0.3) is 11.8 Å². The fourth-order valence-electron chi connectivity index (χ4n) is 8.91. The van der Waals surface area contributed by atoms with Crippen LogP contribution in [-0.4, -0.2) is 116 Å². The Kier molecular flexibility index (Phi) is 17.8. The van der Waals surface area contributed by atoms with Gasteiger partial charge >= 0.3 is 0 Å². The average molecular weight is 890 g/mol. The van der Waals surface area contributed by atoms with Gasteiger partial charge in [-0.15, -0.1) is 0 Å². The van der Waals surface area contributed by atoms with Crippen LogP contribution in [0.4, 0.5) is 0 Å². The first-order valence-corrected chi connectivity index (χ1v) is 21.9. The molecule has 0 bridgehead atoms. The van der Waals surface area contributed by atoms with Crippen LogP contribution in [-0.2, 0) is 43.2 Å². The molecule has 0 aliphatic carbocycles. The van der Waals surface area contributed by atoms with Crippen LogP contribution in [0.1, 0.15) is 99.6 Å². The molecule has 2 aromatic rings. The lowest BCUT2D eigenvalue weighted by molar-refractivity contribution is -0.231. The number of aryl methyl sites for hydroxylation is 4. The van der Waals surface area contributed by atoms with E-state index < -0.39 is 17.0 Å². The van der Waals surface area contributed by atoms with Crippen molar-refractivity contribution >= 4 is 46.4 Å². The number of piperidine rings is 2. The van der Waals surface area contributed by atoms with Gasteiger partial charge in [0.1, 0.15) is 22.8 Å². The van der Waals surface area contributed by atoms with E-state index in [0.717, 1.165) is 45.7 Å². The van der Waals surface area contributed by atoms with Gasteiger partial charge in [0.15, 0.2) is 5.78 Å². The van der Waals surface area contributed by atoms with Crippen molar-refractivity contribution in [3.63, 3.8) is 0 Å². The van der Waals surface area contributed by atoms with Gasteiger partial charge in [0, 0.05) is 42.1 Å². The largest absolute Gasteiger partial charge is 0.499 e. The highest BCUT2D eigenvalue weighted by Gasteiger charge is 2.61. The van der Waals surface area contributed by atoms with Gasteiger partial charge in [-0.2, -0.15) is 10.1 Å². The summed E-state index contributed by atoms with van der Waals surface area (Å²) >= 11 is 12.3. The van der Waals surface area contributed by atoms with Crippen LogP contribution < -0.4 is 0 Å². The number of carbonyl (C=O) groups is 3. The molecule has 15 heteroatoms. The lowest BCUT2D eigenvalue weighted by Gasteiger charge is -2.43. The van der Waals surface area contributed by atoms with Crippen LogP contribution in [0.15, 0.2) is 42.4 Å². The molecule has 13 nitrogen and oxygen atoms in total. The van der Waals surface area contributed by atoms with E-state index in [-0.39, 0.29) is 17.6 Å². The topological polar surface area (TPSA) is 120 Å². The third-order valence-corrected chi connectivity index (χ3v) is 12.3. The van der Waals surface area contributed by atoms with E-state index in [1.807, 2.05) is 65.7 Å². The average Bonchev–Trinajstić information content (AvgIpc) is 3.54. The van der Waals surface area contributed by atoms with E-state index in [1.54, 1.807) is 38.5 Å². The zero-order valence-electron chi connectivity index (χ0n) is 38.2. The number of ketones is 1. The molecular formula is C46H66Cl2N4O9. The molecule has 6 rings (SSSR count). The second-order valence-corrected chi connectivity index (χ2v) is 16.9. The molecule has 338 valence electrons. The molecule has 61 heavy (non-hydrogen) atoms. The van der Waals surface area contributed by atoms with Crippen molar-refractivity contribution in [2.45, 2.75) is 105 Å². The number of hydrogen-bond donors (Lipinski definition) is 0. The minimum atomic E-state index is -0.925. The van der Waals surface area contributed by atoms with Crippen LogP contribution in [0.5, 0.6) is 0 Å². The molecule has 0 aromatic heterocycles. The zero-order valence-corrected chi connectivity index (χ0v) is 39.7. The summed E-state index contributed by atoms with van der Waals surface area (Å²) in [5.74, 6) is 0.644. The molecule has 4 aliphatic heterocycles. The van der Waals surface area contributed by atoms with Crippen molar-refractivity contribution in [2.24, 2.45) is 5.92 Å². The number of hydrogen-bond acceptors (Lipinski definition) is 11. The minimum absolute atomic E-state index is 0.0831. The Hall–Kier alpha value is -3.53. The normalized spacial score (nSPS) is 20.0. The predicted octanol–water partition coefficient (Wildman–Crippen LogP) is 8.50. The van der Waals surface area contributed by atoms with Crippen molar-refractivity contribution in [1.29, 1.82) is 0 Å². The van der Waals surface area contributed by atoms with Gasteiger partial charge in [-0.1, -0.05) is 43.6 Å². The van der Waals surface area contributed by atoms with Gasteiger partial charge in [-0.05, 0) is 132 Å². The number of allylic oxidation sites excluding steroid dienone is 1. The lowest BCUT2D eigenvalue weighted by atomic mass is 9.79. The first-order chi connectivity index (χ1) is 28.9. The highest BCUT2D eigenvalue weighted by Crippen LogP contribution is 2.49. The molecule has 2 spiro atoms. The number of halogens is 2. The third-order valence-electron chi connectivity index (χ3n) is 11.9. The van der Waals surface area contributed by atoms with Crippen LogP contribution in [0, 0.1) is 33.6 Å². The van der Waals surface area contributed by atoms with Crippen molar-refractivity contribution in [3.05, 3.63) is 85.8 Å². The summed E-state index contributed by atoms with van der Waals surface area (Å²) in [5.41, 5.74) is 4.24. The standard InChI is InChI=1S/C20H27ClN2O4.C19H25ClN2O4.C7H14O/c1-6-27-23-19(24)17(16-13(2)11-15(21)12-14(16)3)18(25-4)20(23)7-9-22(26-5)10-8-20;1-5-26-22-18(24)16(15-12(2)10-14(20)11-13(15)3)17(23)19(22)6-8-21(25-4)9-7-19;1-5-8-7(4)6(2)3/h11-12H,6-10H2,1-5H3;10-11,16H,5-9H2,1-4H3;6H,4-5H2,1-3H3. The summed E-state index contributed by atoms with van der Waals surface area (Å²) in [5, 5.41) is 7.83. The number of amides is 2. The number of methoxy groups -OCH3 is 1. The molecular weight excluding hydrogens is 823 g/mol. The minimum Gasteiger partial charge on any atom is -0.499 e. The molecule has 4 aliphatic rings. The van der Waals surface area contributed by atoms with E-state index in [2.05, 4.69) is 20.4 Å². The van der Waals surface area contributed by atoms with Crippen molar-refractivity contribution < 1.29 is 43.2 Å².